The molecule has 1 heterocycles. The Morgan fingerprint density at radius 1 is 0.837 bits per heavy atom. The number of carbonyl (C=O) groups is 2. The first-order valence-corrected chi connectivity index (χ1v) is 16.6. The van der Waals surface area contributed by atoms with E-state index in [9.17, 15) is 19.1 Å². The Hall–Kier alpha value is -5.05. The van der Waals surface area contributed by atoms with Gasteiger partial charge >= 0.3 is 5.97 Å². The molecule has 0 spiro atoms. The van der Waals surface area contributed by atoms with Gasteiger partial charge in [-0.15, -0.1) is 0 Å². The molecule has 0 radical (unpaired) electrons. The second-order valence-corrected chi connectivity index (χ2v) is 12.4. The monoisotopic (exact) mass is 662 g/mol. The lowest BCUT2D eigenvalue weighted by Gasteiger charge is -2.22. The Morgan fingerprint density at radius 3 is 2.06 bits per heavy atom. The van der Waals surface area contributed by atoms with Crippen molar-refractivity contribution in [3.63, 3.8) is 0 Å². The third kappa shape index (κ3) is 9.10. The Labute approximate surface area is 287 Å². The lowest BCUT2D eigenvalue weighted by molar-refractivity contribution is -0.144. The van der Waals surface area contributed by atoms with Crippen LogP contribution in [0, 0.1) is 5.82 Å². The Bertz CT molecular complexity index is 1810. The van der Waals surface area contributed by atoms with Gasteiger partial charge in [0.2, 0.25) is 0 Å². The lowest BCUT2D eigenvalue weighted by atomic mass is 9.94. The molecule has 4 aromatic carbocycles. The summed E-state index contributed by atoms with van der Waals surface area (Å²) in [6, 6.07) is 34.9. The van der Waals surface area contributed by atoms with Crippen molar-refractivity contribution < 1.29 is 28.6 Å². The van der Waals surface area contributed by atoms with Crippen LogP contribution in [0.2, 0.25) is 0 Å². The van der Waals surface area contributed by atoms with E-state index < -0.39 is 18.2 Å². The van der Waals surface area contributed by atoms with Crippen LogP contribution in [-0.2, 0) is 27.4 Å². The van der Waals surface area contributed by atoms with E-state index in [2.05, 4.69) is 9.88 Å². The minimum Gasteiger partial charge on any atom is -0.469 e. The van der Waals surface area contributed by atoms with Gasteiger partial charge in [-0.2, -0.15) is 0 Å². The molecule has 5 rings (SSSR count). The molecule has 0 aliphatic carbocycles. The van der Waals surface area contributed by atoms with E-state index in [0.717, 1.165) is 33.6 Å². The second-order valence-electron chi connectivity index (χ2n) is 12.4. The van der Waals surface area contributed by atoms with Gasteiger partial charge in [-0.3, -0.25) is 9.59 Å². The van der Waals surface area contributed by atoms with Crippen molar-refractivity contribution in [3.05, 3.63) is 138 Å². The summed E-state index contributed by atoms with van der Waals surface area (Å²) < 4.78 is 27.3. The number of para-hydroxylation sites is 1. The second kappa shape index (κ2) is 16.9. The quantitative estimate of drug-likeness (QED) is 0.110. The van der Waals surface area contributed by atoms with E-state index in [4.69, 9.17) is 9.47 Å². The molecule has 0 saturated heterocycles. The van der Waals surface area contributed by atoms with Crippen molar-refractivity contribution >= 4 is 17.6 Å². The Balaban J connectivity index is 1.54. The van der Waals surface area contributed by atoms with Crippen LogP contribution in [0.25, 0.3) is 22.4 Å². The number of ether oxygens (including phenoxy) is 2. The predicted octanol–water partition coefficient (Wildman–Crippen LogP) is 8.63. The third-order valence-electron chi connectivity index (χ3n) is 8.46. The number of rotatable bonds is 15. The number of hydrogen-bond donors (Lipinski definition) is 2. The van der Waals surface area contributed by atoms with E-state index in [0.29, 0.717) is 30.8 Å². The molecular formula is C41H43FN2O5. The van der Waals surface area contributed by atoms with Gasteiger partial charge in [0.25, 0.3) is 5.91 Å². The lowest BCUT2D eigenvalue weighted by Crippen LogP contribution is -2.25. The number of anilines is 1. The van der Waals surface area contributed by atoms with Crippen molar-refractivity contribution in [3.8, 4) is 22.4 Å². The average molecular weight is 663 g/mol. The normalized spacial score (nSPS) is 12.4. The molecule has 5 aromatic rings. The molecule has 2 atom stereocenters. The minimum atomic E-state index is -0.837. The summed E-state index contributed by atoms with van der Waals surface area (Å²) in [6.07, 6.45) is -0.887. The summed E-state index contributed by atoms with van der Waals surface area (Å²) in [7, 11) is 1.33. The first-order valence-electron chi connectivity index (χ1n) is 16.6. The molecule has 7 nitrogen and oxygen atoms in total. The van der Waals surface area contributed by atoms with Gasteiger partial charge in [0.15, 0.2) is 0 Å². The van der Waals surface area contributed by atoms with E-state index in [-0.39, 0.29) is 30.5 Å². The maximum absolute atomic E-state index is 14.3. The van der Waals surface area contributed by atoms with Crippen LogP contribution < -0.4 is 5.32 Å². The largest absolute Gasteiger partial charge is 0.469 e. The summed E-state index contributed by atoms with van der Waals surface area (Å²) in [6.45, 7) is 4.71. The van der Waals surface area contributed by atoms with E-state index in [1.54, 1.807) is 12.1 Å². The number of aliphatic hydroxyl groups excluding tert-OH is 1. The minimum absolute atomic E-state index is 0.00392. The number of nitrogens with zero attached hydrogens (tertiary/aromatic N) is 1. The van der Waals surface area contributed by atoms with Crippen LogP contribution in [0.5, 0.6) is 0 Å². The zero-order chi connectivity index (χ0) is 34.8. The maximum atomic E-state index is 14.3. The first kappa shape index (κ1) is 35.3. The van der Waals surface area contributed by atoms with Crippen molar-refractivity contribution in [2.24, 2.45) is 0 Å². The number of amides is 1. The van der Waals surface area contributed by atoms with Gasteiger partial charge in [-0.05, 0) is 65.4 Å². The SMILES string of the molecule is COC(=O)CC(CC(O)CCn1c(-c2ccc(F)cc2)c(-c2ccccc2)c(C(=O)Nc2ccccc2)c1C(C)C)OCc1ccccc1. The summed E-state index contributed by atoms with van der Waals surface area (Å²) in [4.78, 5) is 26.6. The van der Waals surface area contributed by atoms with Crippen LogP contribution in [0.4, 0.5) is 10.1 Å². The number of benzene rings is 4. The Morgan fingerprint density at radius 2 is 1.45 bits per heavy atom. The molecule has 8 heteroatoms. The van der Waals surface area contributed by atoms with Gasteiger partial charge in [0.05, 0.1) is 43.6 Å². The maximum Gasteiger partial charge on any atom is 0.308 e. The molecule has 0 aliphatic rings. The number of halogens is 1. The molecule has 49 heavy (non-hydrogen) atoms. The van der Waals surface area contributed by atoms with Crippen molar-refractivity contribution in [2.45, 2.75) is 64.4 Å². The molecule has 254 valence electrons. The van der Waals surface area contributed by atoms with Crippen LogP contribution in [0.1, 0.15) is 60.6 Å². The van der Waals surface area contributed by atoms with E-state index in [1.807, 2.05) is 105 Å². The number of esters is 1. The highest BCUT2D eigenvalue weighted by molar-refractivity contribution is 6.12. The summed E-state index contributed by atoms with van der Waals surface area (Å²) in [5, 5.41) is 14.5. The highest BCUT2D eigenvalue weighted by atomic mass is 19.1. The van der Waals surface area contributed by atoms with Gasteiger partial charge in [-0.1, -0.05) is 92.7 Å². The fourth-order valence-electron chi connectivity index (χ4n) is 6.18. The van der Waals surface area contributed by atoms with Crippen LogP contribution >= 0.6 is 0 Å². The molecule has 0 aliphatic heterocycles. The molecule has 2 N–H and O–H groups in total. The van der Waals surface area contributed by atoms with Crippen molar-refractivity contribution in [1.29, 1.82) is 0 Å². The first-order chi connectivity index (χ1) is 23.7. The van der Waals surface area contributed by atoms with Crippen LogP contribution in [0.15, 0.2) is 115 Å². The van der Waals surface area contributed by atoms with Crippen molar-refractivity contribution in [1.82, 2.24) is 4.57 Å². The molecule has 0 fully saturated rings. The van der Waals surface area contributed by atoms with E-state index >= 15 is 0 Å². The summed E-state index contributed by atoms with van der Waals surface area (Å²) >= 11 is 0. The number of nitrogens with one attached hydrogen (secondary N) is 1. The zero-order valence-corrected chi connectivity index (χ0v) is 28.1. The highest BCUT2D eigenvalue weighted by Gasteiger charge is 2.31. The molecular weight excluding hydrogens is 619 g/mol. The van der Waals surface area contributed by atoms with Gasteiger partial charge in [-0.25, -0.2) is 4.39 Å². The Kier molecular flexibility index (Phi) is 12.1. The van der Waals surface area contributed by atoms with Gasteiger partial charge in [0, 0.05) is 29.9 Å². The number of hydrogen-bond acceptors (Lipinski definition) is 5. The standard InChI is InChI=1S/C41H43FN2O5/c1-28(2)39-38(41(47)43-33-17-11-6-12-18-33)37(30-15-9-5-10-16-30)40(31-19-21-32(42)22-20-31)44(39)24-23-34(45)25-35(26-36(46)48-3)49-27-29-13-7-4-8-14-29/h4-22,28,34-35,45H,23-27H2,1-3H3,(H,43,47). The molecule has 0 saturated carbocycles. The van der Waals surface area contributed by atoms with Gasteiger partial charge in [0.1, 0.15) is 5.82 Å². The van der Waals surface area contributed by atoms with Gasteiger partial charge < -0.3 is 24.5 Å². The number of aromatic nitrogens is 1. The predicted molar refractivity (Wildman–Crippen MR) is 191 cm³/mol. The van der Waals surface area contributed by atoms with Crippen LogP contribution in [0.3, 0.4) is 0 Å². The summed E-state index contributed by atoms with van der Waals surface area (Å²) in [5.41, 5.74) is 6.01. The fourth-order valence-corrected chi connectivity index (χ4v) is 6.18. The zero-order valence-electron chi connectivity index (χ0n) is 28.1. The topological polar surface area (TPSA) is 89.8 Å². The highest BCUT2D eigenvalue weighted by Crippen LogP contribution is 2.42. The number of aliphatic hydroxyl groups is 1. The van der Waals surface area contributed by atoms with Crippen molar-refractivity contribution in [2.75, 3.05) is 12.4 Å². The number of carbonyl (C=O) groups excluding carboxylic acids is 2. The molecule has 0 bridgehead atoms. The molecule has 2 unspecified atom stereocenters. The molecule has 1 aromatic heterocycles. The van der Waals surface area contributed by atoms with E-state index in [1.165, 1.54) is 19.2 Å². The third-order valence-corrected chi connectivity index (χ3v) is 8.46. The average Bonchev–Trinajstić information content (AvgIpc) is 3.47. The number of methoxy groups -OCH3 is 1. The smallest absolute Gasteiger partial charge is 0.308 e. The molecule has 1 amide bonds. The van der Waals surface area contributed by atoms with Crippen LogP contribution in [-0.4, -0.2) is 40.9 Å². The fraction of sp³-hybridized carbons (Fsp3) is 0.268. The summed E-state index contributed by atoms with van der Waals surface area (Å²) in [5.74, 6) is -1.13.